The average Bonchev–Trinajstić information content (AvgIpc) is 3.22. The number of hydrogen-bond donors (Lipinski definition) is 2. The summed E-state index contributed by atoms with van der Waals surface area (Å²) in [6, 6.07) is 10.4. The topological polar surface area (TPSA) is 70.2 Å². The number of aromatic nitrogens is 2. The Morgan fingerprint density at radius 2 is 1.70 bits per heavy atom. The van der Waals surface area contributed by atoms with Crippen LogP contribution in [-0.4, -0.2) is 35.0 Å². The van der Waals surface area contributed by atoms with E-state index in [0.717, 1.165) is 31.6 Å². The highest BCUT2D eigenvalue weighted by Crippen LogP contribution is 2.23. The van der Waals surface area contributed by atoms with Gasteiger partial charge in [0.05, 0.1) is 0 Å². The van der Waals surface area contributed by atoms with Crippen molar-refractivity contribution in [3.63, 3.8) is 0 Å². The lowest BCUT2D eigenvalue weighted by Crippen LogP contribution is -2.33. The van der Waals surface area contributed by atoms with Crippen molar-refractivity contribution in [2.75, 3.05) is 23.3 Å². The number of nitrogens with zero attached hydrogens (tertiary/aromatic N) is 3. The van der Waals surface area contributed by atoms with Gasteiger partial charge >= 0.3 is 0 Å². The quantitative estimate of drug-likeness (QED) is 0.841. The molecule has 1 aliphatic heterocycles. The molecule has 1 amide bonds. The van der Waals surface area contributed by atoms with E-state index < -0.39 is 0 Å². The van der Waals surface area contributed by atoms with E-state index in [1.165, 1.54) is 44.1 Å². The van der Waals surface area contributed by atoms with Crippen molar-refractivity contribution >= 4 is 23.1 Å². The van der Waals surface area contributed by atoms with E-state index in [1.807, 2.05) is 0 Å². The molecule has 1 saturated carbocycles. The minimum atomic E-state index is -0.118. The van der Waals surface area contributed by atoms with E-state index in [1.54, 1.807) is 6.07 Å². The van der Waals surface area contributed by atoms with Gasteiger partial charge in [-0.1, -0.05) is 12.8 Å². The summed E-state index contributed by atoms with van der Waals surface area (Å²) in [5, 5.41) is 6.34. The first kappa shape index (κ1) is 17.8. The summed E-state index contributed by atoms with van der Waals surface area (Å²) in [5.74, 6) is 0.514. The molecule has 2 N–H and O–H groups in total. The van der Waals surface area contributed by atoms with Crippen LogP contribution in [0.4, 0.5) is 17.2 Å². The van der Waals surface area contributed by atoms with Gasteiger partial charge in [-0.05, 0) is 56.4 Å². The van der Waals surface area contributed by atoms with E-state index in [9.17, 15) is 4.79 Å². The Labute approximate surface area is 160 Å². The van der Waals surface area contributed by atoms with Gasteiger partial charge in [-0.3, -0.25) is 4.79 Å². The molecular weight excluding hydrogens is 338 g/mol. The summed E-state index contributed by atoms with van der Waals surface area (Å²) in [5.41, 5.74) is 2.63. The average molecular weight is 365 g/mol. The molecule has 27 heavy (non-hydrogen) atoms. The summed E-state index contributed by atoms with van der Waals surface area (Å²) >= 11 is 0. The molecule has 0 bridgehead atoms. The minimum absolute atomic E-state index is 0.118. The third kappa shape index (κ3) is 4.56. The van der Waals surface area contributed by atoms with Crippen LogP contribution in [0.5, 0.6) is 0 Å². The van der Waals surface area contributed by atoms with E-state index in [-0.39, 0.29) is 11.9 Å². The number of benzene rings is 1. The Hall–Kier alpha value is -2.63. The molecule has 0 spiro atoms. The molecule has 1 saturated heterocycles. The first-order valence-corrected chi connectivity index (χ1v) is 10.0. The Morgan fingerprint density at radius 1 is 0.963 bits per heavy atom. The van der Waals surface area contributed by atoms with Crippen LogP contribution in [0, 0.1) is 0 Å². The number of carbonyl (C=O) groups is 1. The van der Waals surface area contributed by atoms with Gasteiger partial charge in [-0.25, -0.2) is 9.97 Å². The smallest absolute Gasteiger partial charge is 0.270 e. The van der Waals surface area contributed by atoms with Crippen molar-refractivity contribution in [2.24, 2.45) is 0 Å². The minimum Gasteiger partial charge on any atom is -0.372 e. The van der Waals surface area contributed by atoms with Crippen LogP contribution < -0.4 is 15.5 Å². The van der Waals surface area contributed by atoms with Gasteiger partial charge in [0.2, 0.25) is 0 Å². The van der Waals surface area contributed by atoms with E-state index >= 15 is 0 Å². The number of hydrogen-bond acceptors (Lipinski definition) is 5. The fraction of sp³-hybridized carbons (Fsp3) is 0.476. The Balaban J connectivity index is 1.39. The summed E-state index contributed by atoms with van der Waals surface area (Å²) in [4.78, 5) is 23.2. The standard InChI is InChI=1S/C21H27N5O/c27-21(25-16-6-2-3-7-16)19-14-20(23-15-22-19)24-17-8-10-18(11-9-17)26-12-4-1-5-13-26/h8-11,14-16H,1-7,12-13H2,(H,25,27)(H,22,23,24). The first-order chi connectivity index (χ1) is 13.3. The van der Waals surface area contributed by atoms with Crippen molar-refractivity contribution < 1.29 is 4.79 Å². The zero-order chi connectivity index (χ0) is 18.5. The molecule has 0 radical (unpaired) electrons. The van der Waals surface area contributed by atoms with Crippen LogP contribution in [0.3, 0.4) is 0 Å². The molecule has 1 aromatic heterocycles. The van der Waals surface area contributed by atoms with Crippen LogP contribution in [-0.2, 0) is 0 Å². The molecule has 0 atom stereocenters. The molecule has 2 fully saturated rings. The SMILES string of the molecule is O=C(NC1CCCC1)c1cc(Nc2ccc(N3CCCCC3)cc2)ncn1. The molecule has 6 heteroatoms. The van der Waals surface area contributed by atoms with Crippen molar-refractivity contribution in [2.45, 2.75) is 51.0 Å². The van der Waals surface area contributed by atoms with Crippen LogP contribution in [0.1, 0.15) is 55.4 Å². The van der Waals surface area contributed by atoms with Gasteiger partial charge < -0.3 is 15.5 Å². The van der Waals surface area contributed by atoms with Crippen LogP contribution in [0.15, 0.2) is 36.7 Å². The number of carbonyl (C=O) groups excluding carboxylic acids is 1. The summed E-state index contributed by atoms with van der Waals surface area (Å²) in [6.45, 7) is 2.27. The van der Waals surface area contributed by atoms with Crippen LogP contribution in [0.25, 0.3) is 0 Å². The zero-order valence-electron chi connectivity index (χ0n) is 15.7. The number of anilines is 3. The lowest BCUT2D eigenvalue weighted by molar-refractivity contribution is 0.0932. The van der Waals surface area contributed by atoms with Crippen LogP contribution >= 0.6 is 0 Å². The normalized spacial score (nSPS) is 17.7. The Kier molecular flexibility index (Phi) is 5.51. The number of piperidine rings is 1. The second kappa shape index (κ2) is 8.37. The van der Waals surface area contributed by atoms with Gasteiger partial charge in [0.15, 0.2) is 0 Å². The third-order valence-corrected chi connectivity index (χ3v) is 5.45. The lowest BCUT2D eigenvalue weighted by atomic mass is 10.1. The predicted molar refractivity (Wildman–Crippen MR) is 108 cm³/mol. The van der Waals surface area contributed by atoms with Crippen molar-refractivity contribution in [1.82, 2.24) is 15.3 Å². The molecule has 4 rings (SSSR count). The van der Waals surface area contributed by atoms with Gasteiger partial charge in [0.1, 0.15) is 17.8 Å². The molecule has 2 aromatic rings. The summed E-state index contributed by atoms with van der Waals surface area (Å²) < 4.78 is 0. The maximum Gasteiger partial charge on any atom is 0.270 e. The number of amides is 1. The number of nitrogens with one attached hydrogen (secondary N) is 2. The maximum atomic E-state index is 12.4. The third-order valence-electron chi connectivity index (χ3n) is 5.45. The molecular formula is C21H27N5O. The molecule has 142 valence electrons. The molecule has 6 nitrogen and oxygen atoms in total. The first-order valence-electron chi connectivity index (χ1n) is 10.0. The molecule has 1 aliphatic carbocycles. The maximum absolute atomic E-state index is 12.4. The molecule has 1 aromatic carbocycles. The second-order valence-electron chi connectivity index (χ2n) is 7.46. The highest BCUT2D eigenvalue weighted by molar-refractivity contribution is 5.93. The number of rotatable bonds is 5. The Morgan fingerprint density at radius 3 is 2.44 bits per heavy atom. The highest BCUT2D eigenvalue weighted by atomic mass is 16.1. The van der Waals surface area contributed by atoms with Gasteiger partial charge in [-0.2, -0.15) is 0 Å². The van der Waals surface area contributed by atoms with Gasteiger partial charge in [-0.15, -0.1) is 0 Å². The van der Waals surface area contributed by atoms with Crippen molar-refractivity contribution in [3.05, 3.63) is 42.4 Å². The van der Waals surface area contributed by atoms with Crippen molar-refractivity contribution in [3.8, 4) is 0 Å². The summed E-state index contributed by atoms with van der Waals surface area (Å²) in [6.07, 6.45) is 9.81. The van der Waals surface area contributed by atoms with E-state index in [0.29, 0.717) is 11.5 Å². The second-order valence-corrected chi connectivity index (χ2v) is 7.46. The Bertz CT molecular complexity index is 764. The molecule has 2 heterocycles. The largest absolute Gasteiger partial charge is 0.372 e. The van der Waals surface area contributed by atoms with E-state index in [2.05, 4.69) is 49.8 Å². The van der Waals surface area contributed by atoms with Gasteiger partial charge in [0.25, 0.3) is 5.91 Å². The predicted octanol–water partition coefficient (Wildman–Crippen LogP) is 3.88. The van der Waals surface area contributed by atoms with Crippen LogP contribution in [0.2, 0.25) is 0 Å². The zero-order valence-corrected chi connectivity index (χ0v) is 15.7. The summed E-state index contributed by atoms with van der Waals surface area (Å²) in [7, 11) is 0. The lowest BCUT2D eigenvalue weighted by Gasteiger charge is -2.28. The fourth-order valence-electron chi connectivity index (χ4n) is 3.93. The molecule has 2 aliphatic rings. The van der Waals surface area contributed by atoms with Crippen molar-refractivity contribution in [1.29, 1.82) is 0 Å². The monoisotopic (exact) mass is 365 g/mol. The molecule has 0 unspecified atom stereocenters. The van der Waals surface area contributed by atoms with E-state index in [4.69, 9.17) is 0 Å². The van der Waals surface area contributed by atoms with Gasteiger partial charge in [0, 0.05) is 36.6 Å². The highest BCUT2D eigenvalue weighted by Gasteiger charge is 2.19. The fourth-order valence-corrected chi connectivity index (χ4v) is 3.93.